The van der Waals surface area contributed by atoms with E-state index < -0.39 is 0 Å². The van der Waals surface area contributed by atoms with Crippen LogP contribution in [0.3, 0.4) is 0 Å². The normalized spacial score (nSPS) is 11.2. The van der Waals surface area contributed by atoms with Gasteiger partial charge in [0, 0.05) is 34.4 Å². The van der Waals surface area contributed by atoms with Crippen molar-refractivity contribution in [2.24, 2.45) is 0 Å². The van der Waals surface area contributed by atoms with E-state index in [2.05, 4.69) is 10.4 Å². The largest absolute Gasteiger partial charge is 0.350 e. The Morgan fingerprint density at radius 2 is 1.61 bits per heavy atom. The van der Waals surface area contributed by atoms with Gasteiger partial charge in [-0.3, -0.25) is 9.59 Å². The Morgan fingerprint density at radius 3 is 2.39 bits per heavy atom. The van der Waals surface area contributed by atoms with E-state index in [-0.39, 0.29) is 18.0 Å². The maximum absolute atomic E-state index is 13.4. The zero-order valence-electron chi connectivity index (χ0n) is 17.7. The van der Waals surface area contributed by atoms with Crippen molar-refractivity contribution in [2.75, 3.05) is 0 Å². The van der Waals surface area contributed by atoms with Crippen molar-refractivity contribution >= 4 is 39.3 Å². The first-order valence-electron chi connectivity index (χ1n) is 10.6. The molecule has 0 radical (unpaired) electrons. The summed E-state index contributed by atoms with van der Waals surface area (Å²) in [6.07, 6.45) is 1.67. The number of benzene rings is 3. The lowest BCUT2D eigenvalue weighted by Gasteiger charge is -2.10. The molecule has 2 heterocycles. The molecule has 5 rings (SSSR count). The molecule has 6 nitrogen and oxygen atoms in total. The number of nitrogens with one attached hydrogen (secondary N) is 1. The monoisotopic (exact) mass is 456 g/mol. The molecule has 0 atom stereocenters. The molecule has 3 aromatic carbocycles. The van der Waals surface area contributed by atoms with Crippen molar-refractivity contribution in [3.63, 3.8) is 0 Å². The number of hydrogen-bond acceptors (Lipinski definition) is 3. The summed E-state index contributed by atoms with van der Waals surface area (Å²) in [5.41, 5.74) is 3.22. The number of para-hydroxylation sites is 1. The second-order valence-electron chi connectivity index (χ2n) is 7.86. The lowest BCUT2D eigenvalue weighted by Crippen LogP contribution is -2.33. The quantitative estimate of drug-likeness (QED) is 0.412. The molecule has 0 aliphatic rings. The lowest BCUT2D eigenvalue weighted by molar-refractivity contribution is -0.122. The number of aromatic nitrogens is 3. The lowest BCUT2D eigenvalue weighted by atomic mass is 10.2. The molecule has 0 unspecified atom stereocenters. The highest BCUT2D eigenvalue weighted by Crippen LogP contribution is 2.27. The van der Waals surface area contributed by atoms with Gasteiger partial charge in [0.15, 0.2) is 0 Å². The van der Waals surface area contributed by atoms with E-state index >= 15 is 0 Å². The van der Waals surface area contributed by atoms with Crippen LogP contribution in [-0.4, -0.2) is 20.3 Å². The molecule has 0 bridgehead atoms. The number of hydrogen-bond donors (Lipinski definition) is 1. The van der Waals surface area contributed by atoms with Crippen LogP contribution in [0.15, 0.2) is 89.9 Å². The standard InChI is InChI=1S/C26H21ClN4O2/c27-20-12-10-18(11-13-20)14-28-24(32)17-31-26(33)25-22(15-29-31)21-8-4-5-9-23(21)30(25)16-19-6-2-1-3-7-19/h1-13,15H,14,16-17H2,(H,28,32). The Labute approximate surface area is 195 Å². The first-order chi connectivity index (χ1) is 16.1. The van der Waals surface area contributed by atoms with E-state index in [4.69, 9.17) is 11.6 Å². The summed E-state index contributed by atoms with van der Waals surface area (Å²) in [6.45, 7) is 0.739. The summed E-state index contributed by atoms with van der Waals surface area (Å²) in [4.78, 5) is 26.0. The van der Waals surface area contributed by atoms with E-state index in [9.17, 15) is 9.59 Å². The number of carbonyl (C=O) groups is 1. The number of fused-ring (bicyclic) bond motifs is 3. The molecule has 1 N–H and O–H groups in total. The molecule has 0 saturated carbocycles. The average molecular weight is 457 g/mol. The minimum atomic E-state index is -0.290. The van der Waals surface area contributed by atoms with E-state index in [0.29, 0.717) is 23.6 Å². The van der Waals surface area contributed by atoms with Gasteiger partial charge >= 0.3 is 0 Å². The number of nitrogens with zero attached hydrogens (tertiary/aromatic N) is 3. The van der Waals surface area contributed by atoms with Gasteiger partial charge in [-0.25, -0.2) is 4.68 Å². The predicted octanol–water partition coefficient (Wildman–Crippen LogP) is 4.37. The summed E-state index contributed by atoms with van der Waals surface area (Å²) < 4.78 is 3.23. The van der Waals surface area contributed by atoms with Crippen LogP contribution >= 0.6 is 11.6 Å². The van der Waals surface area contributed by atoms with Gasteiger partial charge in [-0.2, -0.15) is 5.10 Å². The van der Waals surface area contributed by atoms with Crippen molar-refractivity contribution < 1.29 is 4.79 Å². The highest BCUT2D eigenvalue weighted by molar-refractivity contribution is 6.30. The van der Waals surface area contributed by atoms with E-state index in [1.807, 2.05) is 71.3 Å². The summed E-state index contributed by atoms with van der Waals surface area (Å²) in [5.74, 6) is -0.287. The zero-order chi connectivity index (χ0) is 22.8. The minimum absolute atomic E-state index is 0.158. The van der Waals surface area contributed by atoms with Gasteiger partial charge in [-0.1, -0.05) is 72.3 Å². The number of carbonyl (C=O) groups excluding carboxylic acids is 1. The number of amides is 1. The molecule has 164 valence electrons. The second-order valence-corrected chi connectivity index (χ2v) is 8.30. The van der Waals surface area contributed by atoms with Crippen LogP contribution in [0.2, 0.25) is 5.02 Å². The van der Waals surface area contributed by atoms with Crippen LogP contribution in [0.4, 0.5) is 0 Å². The van der Waals surface area contributed by atoms with Gasteiger partial charge in [0.1, 0.15) is 12.1 Å². The molecule has 0 fully saturated rings. The number of halogens is 1. The summed E-state index contributed by atoms with van der Waals surface area (Å²) >= 11 is 5.90. The Kier molecular flexibility index (Phi) is 5.67. The molecule has 7 heteroatoms. The van der Waals surface area contributed by atoms with Crippen LogP contribution in [0.25, 0.3) is 21.8 Å². The van der Waals surface area contributed by atoms with Gasteiger partial charge in [-0.05, 0) is 29.3 Å². The molecule has 0 saturated heterocycles. The third kappa shape index (κ3) is 4.25. The Hall–Kier alpha value is -3.90. The van der Waals surface area contributed by atoms with Crippen molar-refractivity contribution in [1.29, 1.82) is 0 Å². The maximum Gasteiger partial charge on any atom is 0.291 e. The number of rotatable bonds is 6. The smallest absolute Gasteiger partial charge is 0.291 e. The topological polar surface area (TPSA) is 68.9 Å². The molecular weight excluding hydrogens is 436 g/mol. The minimum Gasteiger partial charge on any atom is -0.350 e. The van der Waals surface area contributed by atoms with Crippen LogP contribution in [-0.2, 0) is 24.4 Å². The Balaban J connectivity index is 1.48. The molecule has 0 aliphatic carbocycles. The Morgan fingerprint density at radius 1 is 0.879 bits per heavy atom. The van der Waals surface area contributed by atoms with Crippen molar-refractivity contribution in [3.05, 3.63) is 112 Å². The molecule has 2 aromatic heterocycles. The summed E-state index contributed by atoms with van der Waals surface area (Å²) in [6, 6.07) is 25.1. The van der Waals surface area contributed by atoms with Gasteiger partial charge in [0.2, 0.25) is 5.91 Å². The van der Waals surface area contributed by atoms with E-state index in [1.54, 1.807) is 18.3 Å². The second kappa shape index (κ2) is 8.92. The summed E-state index contributed by atoms with van der Waals surface area (Å²) in [5, 5.41) is 9.52. The third-order valence-electron chi connectivity index (χ3n) is 5.65. The van der Waals surface area contributed by atoms with Crippen LogP contribution in [0.5, 0.6) is 0 Å². The Bertz CT molecular complexity index is 1510. The molecule has 33 heavy (non-hydrogen) atoms. The van der Waals surface area contributed by atoms with Gasteiger partial charge in [-0.15, -0.1) is 0 Å². The van der Waals surface area contributed by atoms with Crippen molar-refractivity contribution in [2.45, 2.75) is 19.6 Å². The van der Waals surface area contributed by atoms with Crippen molar-refractivity contribution in [1.82, 2.24) is 19.7 Å². The fourth-order valence-electron chi connectivity index (χ4n) is 4.03. The summed E-state index contributed by atoms with van der Waals surface area (Å²) in [7, 11) is 0. The maximum atomic E-state index is 13.4. The van der Waals surface area contributed by atoms with E-state index in [0.717, 1.165) is 27.4 Å². The van der Waals surface area contributed by atoms with Gasteiger partial charge < -0.3 is 9.88 Å². The average Bonchev–Trinajstić information content (AvgIpc) is 3.15. The first-order valence-corrected chi connectivity index (χ1v) is 11.0. The molecule has 5 aromatic rings. The first kappa shape index (κ1) is 21.0. The van der Waals surface area contributed by atoms with Gasteiger partial charge in [0.25, 0.3) is 5.56 Å². The van der Waals surface area contributed by atoms with Crippen LogP contribution in [0, 0.1) is 0 Å². The molecule has 0 aliphatic heterocycles. The van der Waals surface area contributed by atoms with Crippen LogP contribution in [0.1, 0.15) is 11.1 Å². The SMILES string of the molecule is O=C(Cn1ncc2c3ccccc3n(Cc3ccccc3)c2c1=O)NCc1ccc(Cl)cc1. The highest BCUT2D eigenvalue weighted by atomic mass is 35.5. The van der Waals surface area contributed by atoms with E-state index in [1.165, 1.54) is 4.68 Å². The molecular formula is C26H21ClN4O2. The predicted molar refractivity (Wildman–Crippen MR) is 130 cm³/mol. The zero-order valence-corrected chi connectivity index (χ0v) is 18.5. The van der Waals surface area contributed by atoms with Crippen molar-refractivity contribution in [3.8, 4) is 0 Å². The highest BCUT2D eigenvalue weighted by Gasteiger charge is 2.17. The third-order valence-corrected chi connectivity index (χ3v) is 5.91. The van der Waals surface area contributed by atoms with Gasteiger partial charge in [0.05, 0.1) is 6.20 Å². The fraction of sp³-hybridized carbons (Fsp3) is 0.115. The van der Waals surface area contributed by atoms with Crippen LogP contribution < -0.4 is 10.9 Å². The molecule has 1 amide bonds. The fourth-order valence-corrected chi connectivity index (χ4v) is 4.16. The molecule has 0 spiro atoms.